The second-order valence-electron chi connectivity index (χ2n) is 7.62. The number of nitrogens with zero attached hydrogens (tertiary/aromatic N) is 1. The summed E-state index contributed by atoms with van der Waals surface area (Å²) in [4.78, 5) is 40.7. The number of ether oxygens (including phenoxy) is 1. The molecule has 1 fully saturated rings. The summed E-state index contributed by atoms with van der Waals surface area (Å²) in [5.74, 6) is 1.38. The fraction of sp³-hybridized carbons (Fsp3) is 0.600. The molecule has 1 aliphatic carbocycles. The van der Waals surface area contributed by atoms with Gasteiger partial charge in [-0.05, 0) is 32.1 Å². The molecule has 0 saturated heterocycles. The lowest BCUT2D eigenvalue weighted by atomic mass is 10.0. The number of Topliss-reactive ketones (excluding diaryl/α,β-unsaturated/α-hetero) is 1. The average molecular weight is 407 g/mol. The highest BCUT2D eigenvalue weighted by atomic mass is 32.2. The molecule has 152 valence electrons. The van der Waals surface area contributed by atoms with Gasteiger partial charge in [0.1, 0.15) is 22.1 Å². The number of rotatable bonds is 9. The lowest BCUT2D eigenvalue weighted by molar-refractivity contribution is -0.125. The highest BCUT2D eigenvalue weighted by molar-refractivity contribution is 8.16. The Bertz CT molecular complexity index is 845. The molecule has 1 N–H and O–H groups in total. The van der Waals surface area contributed by atoms with Crippen LogP contribution in [0.15, 0.2) is 26.3 Å². The van der Waals surface area contributed by atoms with E-state index in [0.717, 1.165) is 19.3 Å². The summed E-state index contributed by atoms with van der Waals surface area (Å²) < 4.78 is 11.1. The predicted molar refractivity (Wildman–Crippen MR) is 108 cm³/mol. The van der Waals surface area contributed by atoms with Gasteiger partial charge in [0.25, 0.3) is 0 Å². The van der Waals surface area contributed by atoms with Gasteiger partial charge >= 0.3 is 5.63 Å². The summed E-state index contributed by atoms with van der Waals surface area (Å²) in [5.41, 5.74) is -1.52. The molecule has 1 aromatic rings. The third-order valence-corrected chi connectivity index (χ3v) is 6.16. The molecule has 1 aliphatic heterocycles. The van der Waals surface area contributed by atoms with Gasteiger partial charge in [-0.25, -0.2) is 4.79 Å². The standard InChI is InChI=1S/C20H26N2O5S/c1-4-5-15(21-19(25)20(3)11-28-18(22-20)12(2)23)16-8-14(9-17(24)27-16)26-10-13-6-7-13/h8-9,13,15H,4-7,10-11H2,1-3H3,(H,21,25)/t15-,20-/m1/s1. The summed E-state index contributed by atoms with van der Waals surface area (Å²) in [6, 6.07) is 2.54. The quantitative estimate of drug-likeness (QED) is 0.677. The molecule has 0 radical (unpaired) electrons. The van der Waals surface area contributed by atoms with Gasteiger partial charge in [-0.2, -0.15) is 0 Å². The van der Waals surface area contributed by atoms with E-state index in [1.165, 1.54) is 24.8 Å². The largest absolute Gasteiger partial charge is 0.493 e. The zero-order chi connectivity index (χ0) is 20.3. The van der Waals surface area contributed by atoms with Gasteiger partial charge in [-0.15, -0.1) is 11.8 Å². The van der Waals surface area contributed by atoms with Crippen LogP contribution >= 0.6 is 11.8 Å². The van der Waals surface area contributed by atoms with Gasteiger partial charge < -0.3 is 14.5 Å². The molecule has 8 heteroatoms. The third kappa shape index (κ3) is 5.04. The zero-order valence-corrected chi connectivity index (χ0v) is 17.3. The fourth-order valence-electron chi connectivity index (χ4n) is 2.91. The summed E-state index contributed by atoms with van der Waals surface area (Å²) in [7, 11) is 0. The Morgan fingerprint density at radius 2 is 2.18 bits per heavy atom. The first-order valence-corrected chi connectivity index (χ1v) is 10.6. The van der Waals surface area contributed by atoms with Crippen molar-refractivity contribution in [2.24, 2.45) is 10.9 Å². The molecule has 0 spiro atoms. The summed E-state index contributed by atoms with van der Waals surface area (Å²) in [6.45, 7) is 5.73. The number of carbonyl (C=O) groups is 2. The molecule has 1 amide bonds. The lowest BCUT2D eigenvalue weighted by Crippen LogP contribution is -2.45. The van der Waals surface area contributed by atoms with Crippen LogP contribution in [-0.2, 0) is 9.59 Å². The second-order valence-corrected chi connectivity index (χ2v) is 8.58. The summed E-state index contributed by atoms with van der Waals surface area (Å²) in [6.07, 6.45) is 3.70. The van der Waals surface area contributed by atoms with Gasteiger partial charge in [0, 0.05) is 18.7 Å². The number of aliphatic imine (C=N–C) groups is 1. The lowest BCUT2D eigenvalue weighted by Gasteiger charge is -2.24. The number of nitrogens with one attached hydrogen (secondary N) is 1. The topological polar surface area (TPSA) is 98.0 Å². The average Bonchev–Trinajstić information content (AvgIpc) is 3.38. The Hall–Kier alpha value is -2.09. The van der Waals surface area contributed by atoms with E-state index in [4.69, 9.17) is 9.15 Å². The van der Waals surface area contributed by atoms with Crippen LogP contribution < -0.4 is 15.7 Å². The number of hydrogen-bond acceptors (Lipinski definition) is 7. The molecular formula is C20H26N2O5S. The van der Waals surface area contributed by atoms with Crippen molar-refractivity contribution in [3.05, 3.63) is 28.3 Å². The molecular weight excluding hydrogens is 380 g/mol. The van der Waals surface area contributed by atoms with E-state index in [1.54, 1.807) is 13.0 Å². The molecule has 2 heterocycles. The van der Waals surface area contributed by atoms with E-state index in [2.05, 4.69) is 10.3 Å². The maximum absolute atomic E-state index is 12.9. The van der Waals surface area contributed by atoms with Gasteiger partial charge in [-0.1, -0.05) is 13.3 Å². The first-order chi connectivity index (χ1) is 13.3. The normalized spacial score (nSPS) is 22.5. The van der Waals surface area contributed by atoms with Crippen molar-refractivity contribution in [3.63, 3.8) is 0 Å². The SMILES string of the molecule is CCC[C@@H](NC(=O)[C@@]1(C)CSC(C(C)=O)=N1)c1cc(OCC2CC2)cc(=O)o1. The zero-order valence-electron chi connectivity index (χ0n) is 16.4. The molecule has 2 atom stereocenters. The molecule has 3 rings (SSSR count). The van der Waals surface area contributed by atoms with Gasteiger partial charge in [0.2, 0.25) is 5.91 Å². The minimum atomic E-state index is -1.02. The van der Waals surface area contributed by atoms with Crippen LogP contribution in [0.2, 0.25) is 0 Å². The van der Waals surface area contributed by atoms with Crippen LogP contribution in [0.1, 0.15) is 58.3 Å². The monoisotopic (exact) mass is 406 g/mol. The molecule has 2 aliphatic rings. The molecule has 0 aromatic carbocycles. The fourth-order valence-corrected chi connectivity index (χ4v) is 3.99. The Kier molecular flexibility index (Phi) is 6.27. The number of carbonyl (C=O) groups excluding carboxylic acids is 2. The van der Waals surface area contributed by atoms with E-state index in [0.29, 0.717) is 41.3 Å². The van der Waals surface area contributed by atoms with Crippen LogP contribution in [0.4, 0.5) is 0 Å². The Balaban J connectivity index is 1.76. The number of hydrogen-bond donors (Lipinski definition) is 1. The Labute approximate surface area is 168 Å². The van der Waals surface area contributed by atoms with Gasteiger partial charge in [0.15, 0.2) is 5.78 Å². The van der Waals surface area contributed by atoms with E-state index >= 15 is 0 Å². The van der Waals surface area contributed by atoms with Crippen LogP contribution in [0.3, 0.4) is 0 Å². The van der Waals surface area contributed by atoms with Crippen molar-refractivity contribution in [3.8, 4) is 5.75 Å². The van der Waals surface area contributed by atoms with Gasteiger partial charge in [-0.3, -0.25) is 14.6 Å². The first kappa shape index (κ1) is 20.6. The maximum Gasteiger partial charge on any atom is 0.339 e. The Morgan fingerprint density at radius 1 is 1.43 bits per heavy atom. The third-order valence-electron chi connectivity index (χ3n) is 4.80. The highest BCUT2D eigenvalue weighted by Gasteiger charge is 2.40. The molecule has 0 bridgehead atoms. The van der Waals surface area contributed by atoms with Crippen LogP contribution in [0.25, 0.3) is 0 Å². The van der Waals surface area contributed by atoms with Crippen molar-refractivity contribution in [1.29, 1.82) is 0 Å². The second kappa shape index (κ2) is 8.51. The van der Waals surface area contributed by atoms with Crippen molar-refractivity contribution in [1.82, 2.24) is 5.32 Å². The minimum absolute atomic E-state index is 0.141. The molecule has 0 unspecified atom stereocenters. The van der Waals surface area contributed by atoms with E-state index in [-0.39, 0.29) is 11.7 Å². The van der Waals surface area contributed by atoms with E-state index < -0.39 is 17.2 Å². The minimum Gasteiger partial charge on any atom is -0.493 e. The van der Waals surface area contributed by atoms with Crippen molar-refractivity contribution >= 4 is 28.5 Å². The maximum atomic E-state index is 12.9. The smallest absolute Gasteiger partial charge is 0.339 e. The predicted octanol–water partition coefficient (Wildman–Crippen LogP) is 2.88. The molecule has 7 nitrogen and oxygen atoms in total. The number of thioether (sulfide) groups is 1. The Morgan fingerprint density at radius 3 is 2.79 bits per heavy atom. The van der Waals surface area contributed by atoms with E-state index in [1.807, 2.05) is 6.92 Å². The summed E-state index contributed by atoms with van der Waals surface area (Å²) in [5, 5.41) is 3.32. The molecule has 28 heavy (non-hydrogen) atoms. The van der Waals surface area contributed by atoms with Crippen molar-refractivity contribution < 1.29 is 18.7 Å². The number of ketones is 1. The van der Waals surface area contributed by atoms with Gasteiger partial charge in [0.05, 0.1) is 18.7 Å². The van der Waals surface area contributed by atoms with Crippen LogP contribution in [0.5, 0.6) is 5.75 Å². The highest BCUT2D eigenvalue weighted by Crippen LogP contribution is 2.31. The molecule has 1 aromatic heterocycles. The van der Waals surface area contributed by atoms with E-state index in [9.17, 15) is 14.4 Å². The van der Waals surface area contributed by atoms with Crippen molar-refractivity contribution in [2.45, 2.75) is 58.0 Å². The van der Waals surface area contributed by atoms with Crippen LogP contribution in [0, 0.1) is 5.92 Å². The summed E-state index contributed by atoms with van der Waals surface area (Å²) >= 11 is 1.29. The molecule has 1 saturated carbocycles. The van der Waals surface area contributed by atoms with Crippen LogP contribution in [-0.4, -0.2) is 34.6 Å². The first-order valence-electron chi connectivity index (χ1n) is 9.63. The van der Waals surface area contributed by atoms with Crippen molar-refractivity contribution in [2.75, 3.05) is 12.4 Å². The number of amides is 1.